The number of aromatic carboxylic acids is 1. The van der Waals surface area contributed by atoms with Crippen LogP contribution < -0.4 is 10.1 Å². The smallest absolute Gasteiger partial charge is 0.336 e. The molecule has 0 aliphatic heterocycles. The van der Waals surface area contributed by atoms with E-state index in [4.69, 9.17) is 9.84 Å². The molecule has 1 amide bonds. The van der Waals surface area contributed by atoms with E-state index in [1.165, 1.54) is 12.1 Å². The minimum Gasteiger partial charge on any atom is -0.490 e. The molecule has 0 spiro atoms. The van der Waals surface area contributed by atoms with Gasteiger partial charge in [0.15, 0.2) is 0 Å². The van der Waals surface area contributed by atoms with Crippen molar-refractivity contribution in [1.29, 1.82) is 0 Å². The second kappa shape index (κ2) is 8.47. The Morgan fingerprint density at radius 1 is 1.08 bits per heavy atom. The SMILES string of the molecule is O=C(O)c1ccccc1C(=O)NCC(O)COc1ccccc1Br. The first-order valence-electron chi connectivity index (χ1n) is 7.15. The third kappa shape index (κ3) is 4.81. The average Bonchev–Trinajstić information content (AvgIpc) is 2.59. The van der Waals surface area contributed by atoms with E-state index in [0.717, 1.165) is 4.47 Å². The number of aliphatic hydroxyl groups is 1. The third-order valence-corrected chi connectivity index (χ3v) is 3.82. The van der Waals surface area contributed by atoms with Crippen LogP contribution in [0.25, 0.3) is 0 Å². The fourth-order valence-electron chi connectivity index (χ4n) is 1.98. The fourth-order valence-corrected chi connectivity index (χ4v) is 2.38. The van der Waals surface area contributed by atoms with Crippen molar-refractivity contribution in [2.24, 2.45) is 0 Å². The van der Waals surface area contributed by atoms with Crippen LogP contribution in [-0.4, -0.2) is 41.3 Å². The first kappa shape index (κ1) is 18.0. The van der Waals surface area contributed by atoms with Crippen molar-refractivity contribution in [3.63, 3.8) is 0 Å². The van der Waals surface area contributed by atoms with Crippen molar-refractivity contribution in [3.05, 3.63) is 64.1 Å². The van der Waals surface area contributed by atoms with Crippen LogP contribution in [0.2, 0.25) is 0 Å². The molecule has 3 N–H and O–H groups in total. The van der Waals surface area contributed by atoms with Crippen LogP contribution in [0.1, 0.15) is 20.7 Å². The molecular formula is C17H16BrNO5. The molecule has 0 saturated heterocycles. The highest BCUT2D eigenvalue weighted by Gasteiger charge is 2.16. The summed E-state index contributed by atoms with van der Waals surface area (Å²) in [6.07, 6.45) is -0.932. The van der Waals surface area contributed by atoms with Gasteiger partial charge in [0, 0.05) is 6.54 Å². The fraction of sp³-hybridized carbons (Fsp3) is 0.176. The van der Waals surface area contributed by atoms with E-state index in [2.05, 4.69) is 21.2 Å². The number of hydrogen-bond acceptors (Lipinski definition) is 4. The molecule has 2 aromatic rings. The molecule has 0 bridgehead atoms. The molecule has 24 heavy (non-hydrogen) atoms. The van der Waals surface area contributed by atoms with Gasteiger partial charge in [0.2, 0.25) is 0 Å². The number of carbonyl (C=O) groups excluding carboxylic acids is 1. The summed E-state index contributed by atoms with van der Waals surface area (Å²) in [6.45, 7) is -0.0687. The number of ether oxygens (including phenoxy) is 1. The van der Waals surface area contributed by atoms with Gasteiger partial charge in [-0.1, -0.05) is 24.3 Å². The van der Waals surface area contributed by atoms with Gasteiger partial charge in [0.25, 0.3) is 5.91 Å². The van der Waals surface area contributed by atoms with Gasteiger partial charge in [-0.25, -0.2) is 4.79 Å². The zero-order valence-corrected chi connectivity index (χ0v) is 14.2. The molecule has 1 atom stereocenters. The second-order valence-electron chi connectivity index (χ2n) is 4.96. The maximum atomic E-state index is 12.1. The van der Waals surface area contributed by atoms with Crippen LogP contribution in [-0.2, 0) is 0 Å². The van der Waals surface area contributed by atoms with E-state index < -0.39 is 18.0 Å². The molecule has 126 valence electrons. The summed E-state index contributed by atoms with van der Waals surface area (Å²) in [7, 11) is 0. The summed E-state index contributed by atoms with van der Waals surface area (Å²) in [4.78, 5) is 23.2. The number of carboxylic acid groups (broad SMARTS) is 1. The second-order valence-corrected chi connectivity index (χ2v) is 5.81. The average molecular weight is 394 g/mol. The molecule has 1 unspecified atom stereocenters. The van der Waals surface area contributed by atoms with E-state index in [0.29, 0.717) is 5.75 Å². The van der Waals surface area contributed by atoms with Gasteiger partial charge in [-0.3, -0.25) is 4.79 Å². The van der Waals surface area contributed by atoms with Gasteiger partial charge in [0.1, 0.15) is 18.5 Å². The molecule has 0 aliphatic rings. The summed E-state index contributed by atoms with van der Waals surface area (Å²) in [5.41, 5.74) is -0.0436. The standard InChI is InChI=1S/C17H16BrNO5/c18-14-7-3-4-8-15(14)24-10-11(20)9-19-16(21)12-5-1-2-6-13(12)17(22)23/h1-8,11,20H,9-10H2,(H,19,21)(H,22,23). The lowest BCUT2D eigenvalue weighted by Gasteiger charge is -2.14. The van der Waals surface area contributed by atoms with Crippen LogP contribution in [0.3, 0.4) is 0 Å². The maximum Gasteiger partial charge on any atom is 0.336 e. The quantitative estimate of drug-likeness (QED) is 0.670. The first-order valence-corrected chi connectivity index (χ1v) is 7.94. The van der Waals surface area contributed by atoms with Crippen molar-refractivity contribution in [2.75, 3.05) is 13.2 Å². The van der Waals surface area contributed by atoms with Gasteiger partial charge >= 0.3 is 5.97 Å². The minimum absolute atomic E-state index is 0.0104. The molecule has 0 fully saturated rings. The van der Waals surface area contributed by atoms with E-state index >= 15 is 0 Å². The minimum atomic E-state index is -1.18. The van der Waals surface area contributed by atoms with Crippen LogP contribution in [0.15, 0.2) is 53.0 Å². The summed E-state index contributed by atoms with van der Waals surface area (Å²) in [5, 5.41) is 21.5. The topological polar surface area (TPSA) is 95.9 Å². The normalized spacial score (nSPS) is 11.6. The Labute approximate surface area is 147 Å². The van der Waals surface area contributed by atoms with Gasteiger partial charge in [0.05, 0.1) is 15.6 Å². The van der Waals surface area contributed by atoms with Crippen LogP contribution in [0.5, 0.6) is 5.75 Å². The number of para-hydroxylation sites is 1. The number of nitrogens with one attached hydrogen (secondary N) is 1. The Hall–Kier alpha value is -2.38. The number of rotatable bonds is 7. The highest BCUT2D eigenvalue weighted by molar-refractivity contribution is 9.10. The van der Waals surface area contributed by atoms with Crippen molar-refractivity contribution < 1.29 is 24.5 Å². The van der Waals surface area contributed by atoms with Gasteiger partial charge in [-0.05, 0) is 40.2 Å². The largest absolute Gasteiger partial charge is 0.490 e. The van der Waals surface area contributed by atoms with E-state index in [9.17, 15) is 14.7 Å². The number of carbonyl (C=O) groups is 2. The lowest BCUT2D eigenvalue weighted by molar-refractivity contribution is 0.0689. The van der Waals surface area contributed by atoms with Crippen molar-refractivity contribution in [2.45, 2.75) is 6.10 Å². The van der Waals surface area contributed by atoms with Gasteiger partial charge in [-0.15, -0.1) is 0 Å². The zero-order chi connectivity index (χ0) is 17.5. The van der Waals surface area contributed by atoms with E-state index in [1.54, 1.807) is 24.3 Å². The molecule has 2 aromatic carbocycles. The molecule has 0 radical (unpaired) electrons. The number of aliphatic hydroxyl groups excluding tert-OH is 1. The zero-order valence-electron chi connectivity index (χ0n) is 12.6. The van der Waals surface area contributed by atoms with Crippen molar-refractivity contribution in [3.8, 4) is 5.75 Å². The maximum absolute atomic E-state index is 12.1. The highest BCUT2D eigenvalue weighted by atomic mass is 79.9. The number of benzene rings is 2. The predicted molar refractivity (Wildman–Crippen MR) is 91.4 cm³/mol. The molecule has 2 rings (SSSR count). The lowest BCUT2D eigenvalue weighted by Crippen LogP contribution is -2.35. The first-order chi connectivity index (χ1) is 11.5. The summed E-state index contributed by atoms with van der Waals surface area (Å²) in [6, 6.07) is 13.1. The Kier molecular flexibility index (Phi) is 6.34. The molecule has 0 aliphatic carbocycles. The lowest BCUT2D eigenvalue weighted by atomic mass is 10.1. The molecule has 0 saturated carbocycles. The van der Waals surface area contributed by atoms with E-state index in [1.807, 2.05) is 12.1 Å². The number of halogens is 1. The summed E-state index contributed by atoms with van der Waals surface area (Å²) >= 11 is 3.33. The Morgan fingerprint density at radius 3 is 2.38 bits per heavy atom. The molecule has 0 heterocycles. The molecule has 7 heteroatoms. The van der Waals surface area contributed by atoms with Crippen LogP contribution >= 0.6 is 15.9 Å². The molecule has 6 nitrogen and oxygen atoms in total. The monoisotopic (exact) mass is 393 g/mol. The highest BCUT2D eigenvalue weighted by Crippen LogP contribution is 2.23. The number of carboxylic acids is 1. The Bertz CT molecular complexity index is 734. The van der Waals surface area contributed by atoms with Crippen molar-refractivity contribution in [1.82, 2.24) is 5.32 Å². The Balaban J connectivity index is 1.88. The predicted octanol–water partition coefficient (Wildman–Crippen LogP) is 2.32. The number of hydrogen-bond donors (Lipinski definition) is 3. The summed E-state index contributed by atoms with van der Waals surface area (Å²) in [5.74, 6) is -1.16. The van der Waals surface area contributed by atoms with Gasteiger partial charge in [-0.2, -0.15) is 0 Å². The van der Waals surface area contributed by atoms with Gasteiger partial charge < -0.3 is 20.3 Å². The molecule has 0 aromatic heterocycles. The van der Waals surface area contributed by atoms with Crippen molar-refractivity contribution >= 4 is 27.8 Å². The van der Waals surface area contributed by atoms with E-state index in [-0.39, 0.29) is 24.3 Å². The Morgan fingerprint density at radius 2 is 1.71 bits per heavy atom. The third-order valence-electron chi connectivity index (χ3n) is 3.17. The van der Waals surface area contributed by atoms with Crippen LogP contribution in [0.4, 0.5) is 0 Å². The number of amides is 1. The summed E-state index contributed by atoms with van der Waals surface area (Å²) < 4.78 is 6.22. The van der Waals surface area contributed by atoms with Crippen LogP contribution in [0, 0.1) is 0 Å². The molecular weight excluding hydrogens is 378 g/mol.